The number of esters is 1. The van der Waals surface area contributed by atoms with Crippen molar-refractivity contribution < 1.29 is 22.7 Å². The number of nitrogens with zero attached hydrogens (tertiary/aromatic N) is 2. The molecule has 0 fully saturated rings. The van der Waals surface area contributed by atoms with Crippen LogP contribution in [0.25, 0.3) is 5.69 Å². The van der Waals surface area contributed by atoms with E-state index in [1.54, 1.807) is 6.92 Å². The Kier molecular flexibility index (Phi) is 6.24. The summed E-state index contributed by atoms with van der Waals surface area (Å²) in [4.78, 5) is 38.4. The van der Waals surface area contributed by atoms with Crippen LogP contribution in [-0.2, 0) is 17.5 Å². The highest BCUT2D eigenvalue weighted by atomic mass is 19.4. The zero-order valence-corrected chi connectivity index (χ0v) is 17.3. The summed E-state index contributed by atoms with van der Waals surface area (Å²) in [6.07, 6.45) is -3.54. The molecule has 0 atom stereocenters. The fraction of sp³-hybridized carbons (Fsp3) is 0.227. The molecule has 0 saturated carbocycles. The van der Waals surface area contributed by atoms with Gasteiger partial charge < -0.3 is 10.5 Å². The van der Waals surface area contributed by atoms with Crippen molar-refractivity contribution in [2.75, 3.05) is 12.3 Å². The maximum Gasteiger partial charge on any atom is 0.416 e. The normalized spacial score (nSPS) is 11.4. The van der Waals surface area contributed by atoms with Crippen LogP contribution in [0.1, 0.15) is 34.0 Å². The summed E-state index contributed by atoms with van der Waals surface area (Å²) in [7, 11) is 0. The molecule has 0 aliphatic heterocycles. The Morgan fingerprint density at radius 3 is 2.34 bits per heavy atom. The number of anilines is 1. The van der Waals surface area contributed by atoms with Crippen LogP contribution in [0.2, 0.25) is 0 Å². The molecule has 1 heterocycles. The summed E-state index contributed by atoms with van der Waals surface area (Å²) in [5.74, 6) is -0.948. The average Bonchev–Trinajstić information content (AvgIpc) is 2.72. The molecule has 3 rings (SSSR count). The van der Waals surface area contributed by atoms with Crippen LogP contribution in [0.4, 0.5) is 18.9 Å². The Hall–Kier alpha value is -3.82. The highest BCUT2D eigenvalue weighted by Gasteiger charge is 2.33. The third kappa shape index (κ3) is 4.43. The molecule has 0 aliphatic rings. The molecule has 0 spiro atoms. The average molecular weight is 447 g/mol. The van der Waals surface area contributed by atoms with Crippen LogP contribution in [0.15, 0.2) is 58.3 Å². The first-order chi connectivity index (χ1) is 15.0. The summed E-state index contributed by atoms with van der Waals surface area (Å²) in [6, 6.07) is 9.58. The lowest BCUT2D eigenvalue weighted by Gasteiger charge is -2.16. The van der Waals surface area contributed by atoms with Gasteiger partial charge in [0.05, 0.1) is 24.4 Å². The molecule has 10 heteroatoms. The van der Waals surface area contributed by atoms with E-state index in [-0.39, 0.29) is 17.7 Å². The van der Waals surface area contributed by atoms with Crippen molar-refractivity contribution in [1.82, 2.24) is 9.13 Å². The highest BCUT2D eigenvalue weighted by Crippen LogP contribution is 2.33. The first kappa shape index (κ1) is 22.9. The van der Waals surface area contributed by atoms with E-state index < -0.39 is 41.1 Å². The minimum atomic E-state index is -4.60. The number of nitrogens with two attached hydrogens (primary N) is 1. The predicted octanol–water partition coefficient (Wildman–Crippen LogP) is 3.13. The Balaban J connectivity index is 2.24. The quantitative estimate of drug-likeness (QED) is 0.479. The van der Waals surface area contributed by atoms with Crippen LogP contribution in [-0.4, -0.2) is 21.7 Å². The summed E-state index contributed by atoms with van der Waals surface area (Å²) >= 11 is 0. The van der Waals surface area contributed by atoms with Crippen molar-refractivity contribution in [3.8, 4) is 5.69 Å². The van der Waals surface area contributed by atoms with Gasteiger partial charge in [0, 0.05) is 11.9 Å². The standard InChI is InChI=1S/C22H20F3N3O4/c1-3-32-20(30)17-12-27(16-9-7-15(26)8-10-16)21(31)28(19(17)29)11-14-5-4-6-18(13(14)2)22(23,24)25/h4-10,12H,3,11,26H2,1-2H3. The number of carbonyl (C=O) groups excluding carboxylic acids is 1. The van der Waals surface area contributed by atoms with Crippen molar-refractivity contribution in [2.24, 2.45) is 0 Å². The number of aromatic nitrogens is 2. The number of hydrogen-bond donors (Lipinski definition) is 1. The molecule has 32 heavy (non-hydrogen) atoms. The Morgan fingerprint density at radius 2 is 1.75 bits per heavy atom. The van der Waals surface area contributed by atoms with Crippen molar-refractivity contribution in [2.45, 2.75) is 26.6 Å². The van der Waals surface area contributed by atoms with E-state index >= 15 is 0 Å². The molecule has 0 unspecified atom stereocenters. The van der Waals surface area contributed by atoms with Gasteiger partial charge in [-0.25, -0.2) is 9.59 Å². The van der Waals surface area contributed by atoms with E-state index in [2.05, 4.69) is 0 Å². The Morgan fingerprint density at radius 1 is 1.09 bits per heavy atom. The molecular formula is C22H20F3N3O4. The monoisotopic (exact) mass is 447 g/mol. The minimum Gasteiger partial charge on any atom is -0.462 e. The Labute approximate surface area is 180 Å². The van der Waals surface area contributed by atoms with Crippen LogP contribution in [0.3, 0.4) is 0 Å². The van der Waals surface area contributed by atoms with Crippen molar-refractivity contribution in [3.05, 3.63) is 91.8 Å². The molecule has 168 valence electrons. The Bertz CT molecular complexity index is 1280. The zero-order chi connectivity index (χ0) is 23.6. The lowest BCUT2D eigenvalue weighted by molar-refractivity contribution is -0.138. The third-order valence-corrected chi connectivity index (χ3v) is 4.92. The predicted molar refractivity (Wildman–Crippen MR) is 112 cm³/mol. The largest absolute Gasteiger partial charge is 0.462 e. The van der Waals surface area contributed by atoms with Crippen LogP contribution in [0, 0.1) is 6.92 Å². The van der Waals surface area contributed by atoms with Crippen LogP contribution < -0.4 is 17.0 Å². The lowest BCUT2D eigenvalue weighted by Crippen LogP contribution is -2.42. The van der Waals surface area contributed by atoms with E-state index in [4.69, 9.17) is 10.5 Å². The second-order valence-corrected chi connectivity index (χ2v) is 6.99. The molecule has 1 aromatic heterocycles. The summed E-state index contributed by atoms with van der Waals surface area (Å²) in [5, 5.41) is 0. The van der Waals surface area contributed by atoms with Crippen molar-refractivity contribution in [1.29, 1.82) is 0 Å². The van der Waals surface area contributed by atoms with E-state index in [0.717, 1.165) is 16.8 Å². The summed E-state index contributed by atoms with van der Waals surface area (Å²) in [5.41, 5.74) is 3.33. The molecular weight excluding hydrogens is 427 g/mol. The first-order valence-electron chi connectivity index (χ1n) is 9.59. The number of carbonyl (C=O) groups is 1. The number of benzene rings is 2. The van der Waals surface area contributed by atoms with Gasteiger partial charge in [0.25, 0.3) is 5.56 Å². The molecule has 0 bridgehead atoms. The van der Waals surface area contributed by atoms with Gasteiger partial charge in [-0.3, -0.25) is 13.9 Å². The third-order valence-electron chi connectivity index (χ3n) is 4.92. The molecule has 0 amide bonds. The zero-order valence-electron chi connectivity index (χ0n) is 17.3. The SMILES string of the molecule is CCOC(=O)c1cn(-c2ccc(N)cc2)c(=O)n(Cc2cccc(C(F)(F)F)c2C)c1=O. The smallest absolute Gasteiger partial charge is 0.416 e. The van der Waals surface area contributed by atoms with Crippen LogP contribution >= 0.6 is 0 Å². The number of hydrogen-bond acceptors (Lipinski definition) is 5. The van der Waals surface area contributed by atoms with Gasteiger partial charge in [0.1, 0.15) is 5.56 Å². The second kappa shape index (κ2) is 8.74. The number of ether oxygens (including phenoxy) is 1. The molecule has 0 aliphatic carbocycles. The fourth-order valence-corrected chi connectivity index (χ4v) is 3.24. The lowest BCUT2D eigenvalue weighted by atomic mass is 10.0. The van der Waals surface area contributed by atoms with E-state index in [1.807, 2.05) is 0 Å². The van der Waals surface area contributed by atoms with Gasteiger partial charge in [-0.05, 0) is 55.3 Å². The van der Waals surface area contributed by atoms with Crippen molar-refractivity contribution in [3.63, 3.8) is 0 Å². The number of halogens is 3. The van der Waals surface area contributed by atoms with Gasteiger partial charge in [-0.15, -0.1) is 0 Å². The summed E-state index contributed by atoms with van der Waals surface area (Å²) < 4.78 is 46.6. The number of rotatable bonds is 5. The van der Waals surface area contributed by atoms with E-state index in [1.165, 1.54) is 43.3 Å². The van der Waals surface area contributed by atoms with Gasteiger partial charge in [-0.1, -0.05) is 12.1 Å². The molecule has 2 aromatic carbocycles. The second-order valence-electron chi connectivity index (χ2n) is 6.99. The topological polar surface area (TPSA) is 96.3 Å². The molecule has 0 saturated heterocycles. The van der Waals surface area contributed by atoms with Gasteiger partial charge in [0.2, 0.25) is 0 Å². The molecule has 3 aromatic rings. The minimum absolute atomic E-state index is 0.00793. The maximum atomic E-state index is 13.3. The number of nitrogen functional groups attached to an aromatic ring is 1. The van der Waals surface area contributed by atoms with Gasteiger partial charge >= 0.3 is 17.8 Å². The van der Waals surface area contributed by atoms with E-state index in [9.17, 15) is 27.6 Å². The molecule has 2 N–H and O–H groups in total. The van der Waals surface area contributed by atoms with Crippen molar-refractivity contribution >= 4 is 11.7 Å². The van der Waals surface area contributed by atoms with Gasteiger partial charge in [-0.2, -0.15) is 13.2 Å². The van der Waals surface area contributed by atoms with Gasteiger partial charge in [0.15, 0.2) is 0 Å². The molecule has 7 nitrogen and oxygen atoms in total. The number of alkyl halides is 3. The van der Waals surface area contributed by atoms with Crippen LogP contribution in [0.5, 0.6) is 0 Å². The molecule has 0 radical (unpaired) electrons. The maximum absolute atomic E-state index is 13.3. The summed E-state index contributed by atoms with van der Waals surface area (Å²) in [6.45, 7) is 2.34. The fourth-order valence-electron chi connectivity index (χ4n) is 3.24. The first-order valence-corrected chi connectivity index (χ1v) is 9.59. The van der Waals surface area contributed by atoms with E-state index in [0.29, 0.717) is 15.9 Å². The highest BCUT2D eigenvalue weighted by molar-refractivity contribution is 5.88.